The minimum Gasteiger partial charge on any atom is -0.497 e. The fraction of sp³-hybridized carbons (Fsp3) is 0.600. The smallest absolute Gasteiger partial charge is 0.119 e. The van der Waals surface area contributed by atoms with Crippen molar-refractivity contribution in [2.24, 2.45) is 0 Å². The van der Waals surface area contributed by atoms with Crippen molar-refractivity contribution in [3.05, 3.63) is 24.3 Å². The van der Waals surface area contributed by atoms with E-state index in [1.807, 2.05) is 23.9 Å². The van der Waals surface area contributed by atoms with E-state index in [-0.39, 0.29) is 0 Å². The topological polar surface area (TPSA) is 21.3 Å². The average molecular weight is 267 g/mol. The number of hydrogen-bond donors (Lipinski definition) is 1. The largest absolute Gasteiger partial charge is 0.497 e. The molecule has 1 aromatic carbocycles. The summed E-state index contributed by atoms with van der Waals surface area (Å²) in [4.78, 5) is 1.27. The van der Waals surface area contributed by atoms with Gasteiger partial charge in [-0.25, -0.2) is 0 Å². The molecule has 0 aliphatic carbocycles. The average Bonchev–Trinajstić information content (AvgIpc) is 2.37. The molecular formula is C15H25NOS. The molecule has 0 aliphatic heterocycles. The monoisotopic (exact) mass is 267 g/mol. The van der Waals surface area contributed by atoms with Crippen LogP contribution in [0.15, 0.2) is 29.2 Å². The molecule has 0 saturated carbocycles. The van der Waals surface area contributed by atoms with Crippen LogP contribution in [-0.2, 0) is 0 Å². The van der Waals surface area contributed by atoms with Crippen LogP contribution in [0.4, 0.5) is 0 Å². The summed E-state index contributed by atoms with van der Waals surface area (Å²) in [6, 6.07) is 8.87. The Bertz CT molecular complexity index is 343. The zero-order valence-electron chi connectivity index (χ0n) is 11.9. The molecule has 0 aliphatic rings. The quantitative estimate of drug-likeness (QED) is 0.721. The maximum Gasteiger partial charge on any atom is 0.119 e. The number of rotatable bonds is 8. The molecule has 2 atom stereocenters. The van der Waals surface area contributed by atoms with E-state index in [2.05, 4.69) is 38.2 Å². The molecule has 1 N–H and O–H groups in total. The van der Waals surface area contributed by atoms with E-state index in [4.69, 9.17) is 4.74 Å². The van der Waals surface area contributed by atoms with Gasteiger partial charge in [-0.3, -0.25) is 0 Å². The molecule has 0 bridgehead atoms. The molecule has 0 aromatic heterocycles. The van der Waals surface area contributed by atoms with E-state index in [9.17, 15) is 0 Å². The van der Waals surface area contributed by atoms with Gasteiger partial charge in [0.25, 0.3) is 0 Å². The highest BCUT2D eigenvalue weighted by Gasteiger charge is 2.07. The molecular weight excluding hydrogens is 242 g/mol. The van der Waals surface area contributed by atoms with Crippen molar-refractivity contribution in [1.29, 1.82) is 0 Å². The lowest BCUT2D eigenvalue weighted by molar-refractivity contribution is 0.413. The van der Waals surface area contributed by atoms with Gasteiger partial charge in [-0.05, 0) is 31.5 Å². The SMILES string of the molecule is CCCC(C)NCC(C)Sc1cccc(OC)c1. The molecule has 0 heterocycles. The lowest BCUT2D eigenvalue weighted by atomic mass is 10.2. The van der Waals surface area contributed by atoms with Crippen molar-refractivity contribution >= 4 is 11.8 Å². The van der Waals surface area contributed by atoms with E-state index in [0.717, 1.165) is 12.3 Å². The van der Waals surface area contributed by atoms with Crippen LogP contribution in [0.1, 0.15) is 33.6 Å². The van der Waals surface area contributed by atoms with Gasteiger partial charge in [0, 0.05) is 22.7 Å². The third-order valence-electron chi connectivity index (χ3n) is 2.85. The Balaban J connectivity index is 2.36. The van der Waals surface area contributed by atoms with Crippen LogP contribution in [0.5, 0.6) is 5.75 Å². The number of nitrogens with one attached hydrogen (secondary N) is 1. The van der Waals surface area contributed by atoms with Gasteiger partial charge < -0.3 is 10.1 Å². The highest BCUT2D eigenvalue weighted by Crippen LogP contribution is 2.26. The fourth-order valence-electron chi connectivity index (χ4n) is 1.85. The van der Waals surface area contributed by atoms with Gasteiger partial charge in [0.2, 0.25) is 0 Å². The lowest BCUT2D eigenvalue weighted by Crippen LogP contribution is -2.31. The molecule has 3 heteroatoms. The second kappa shape index (κ2) is 8.44. The molecule has 2 unspecified atom stereocenters. The van der Waals surface area contributed by atoms with E-state index in [1.165, 1.54) is 17.7 Å². The molecule has 102 valence electrons. The third kappa shape index (κ3) is 5.78. The normalized spacial score (nSPS) is 14.2. The zero-order chi connectivity index (χ0) is 13.4. The molecule has 18 heavy (non-hydrogen) atoms. The Morgan fingerprint density at radius 3 is 2.78 bits per heavy atom. The first-order chi connectivity index (χ1) is 8.65. The van der Waals surface area contributed by atoms with Gasteiger partial charge in [0.05, 0.1) is 7.11 Å². The highest BCUT2D eigenvalue weighted by atomic mass is 32.2. The summed E-state index contributed by atoms with van der Waals surface area (Å²) in [5.41, 5.74) is 0. The van der Waals surface area contributed by atoms with Gasteiger partial charge in [0.15, 0.2) is 0 Å². The van der Waals surface area contributed by atoms with Crippen LogP contribution in [-0.4, -0.2) is 24.9 Å². The van der Waals surface area contributed by atoms with Crippen LogP contribution in [0.3, 0.4) is 0 Å². The maximum absolute atomic E-state index is 5.24. The number of ether oxygens (including phenoxy) is 1. The highest BCUT2D eigenvalue weighted by molar-refractivity contribution is 8.00. The second-order valence-electron chi connectivity index (χ2n) is 4.71. The lowest BCUT2D eigenvalue weighted by Gasteiger charge is -2.17. The summed E-state index contributed by atoms with van der Waals surface area (Å²) in [6.45, 7) is 7.79. The zero-order valence-corrected chi connectivity index (χ0v) is 12.7. The molecule has 0 amide bonds. The first kappa shape index (κ1) is 15.4. The minimum atomic E-state index is 0.566. The molecule has 2 nitrogen and oxygen atoms in total. The maximum atomic E-state index is 5.24. The molecule has 0 fully saturated rings. The fourth-order valence-corrected chi connectivity index (χ4v) is 2.84. The summed E-state index contributed by atoms with van der Waals surface area (Å²) in [5.74, 6) is 0.930. The molecule has 1 rings (SSSR count). The Kier molecular flexibility index (Phi) is 7.21. The van der Waals surface area contributed by atoms with Crippen LogP contribution in [0.2, 0.25) is 0 Å². The van der Waals surface area contributed by atoms with Crippen molar-refractivity contribution in [3.63, 3.8) is 0 Å². The molecule has 0 spiro atoms. The van der Waals surface area contributed by atoms with Crippen molar-refractivity contribution in [1.82, 2.24) is 5.32 Å². The minimum absolute atomic E-state index is 0.566. The van der Waals surface area contributed by atoms with Crippen molar-refractivity contribution in [2.75, 3.05) is 13.7 Å². The number of benzene rings is 1. The van der Waals surface area contributed by atoms with E-state index < -0.39 is 0 Å². The van der Waals surface area contributed by atoms with Crippen LogP contribution < -0.4 is 10.1 Å². The Morgan fingerprint density at radius 1 is 1.33 bits per heavy atom. The van der Waals surface area contributed by atoms with Gasteiger partial charge in [-0.15, -0.1) is 11.8 Å². The first-order valence-electron chi connectivity index (χ1n) is 6.69. The van der Waals surface area contributed by atoms with E-state index in [1.54, 1.807) is 7.11 Å². The predicted molar refractivity (Wildman–Crippen MR) is 80.7 cm³/mol. The number of thioether (sulfide) groups is 1. The van der Waals surface area contributed by atoms with Crippen LogP contribution >= 0.6 is 11.8 Å². The predicted octanol–water partition coefficient (Wildman–Crippen LogP) is 3.95. The van der Waals surface area contributed by atoms with Crippen LogP contribution in [0.25, 0.3) is 0 Å². The Hall–Kier alpha value is -0.670. The van der Waals surface area contributed by atoms with Crippen molar-refractivity contribution in [2.45, 2.75) is 49.8 Å². The van der Waals surface area contributed by atoms with Gasteiger partial charge in [0.1, 0.15) is 5.75 Å². The summed E-state index contributed by atoms with van der Waals surface area (Å²) < 4.78 is 5.24. The molecule has 1 aromatic rings. The summed E-state index contributed by atoms with van der Waals surface area (Å²) in [5, 5.41) is 4.15. The second-order valence-corrected chi connectivity index (χ2v) is 6.22. The van der Waals surface area contributed by atoms with Crippen molar-refractivity contribution < 1.29 is 4.74 Å². The number of methoxy groups -OCH3 is 1. The first-order valence-corrected chi connectivity index (χ1v) is 7.57. The summed E-state index contributed by atoms with van der Waals surface area (Å²) >= 11 is 1.89. The van der Waals surface area contributed by atoms with Crippen molar-refractivity contribution in [3.8, 4) is 5.75 Å². The molecule has 0 saturated heterocycles. The van der Waals surface area contributed by atoms with Gasteiger partial charge >= 0.3 is 0 Å². The van der Waals surface area contributed by atoms with Gasteiger partial charge in [-0.1, -0.05) is 26.3 Å². The summed E-state index contributed by atoms with van der Waals surface area (Å²) in [7, 11) is 1.71. The Morgan fingerprint density at radius 2 is 2.11 bits per heavy atom. The third-order valence-corrected chi connectivity index (χ3v) is 3.95. The Labute approximate surface area is 116 Å². The van der Waals surface area contributed by atoms with E-state index >= 15 is 0 Å². The van der Waals surface area contributed by atoms with Gasteiger partial charge in [-0.2, -0.15) is 0 Å². The summed E-state index contributed by atoms with van der Waals surface area (Å²) in [6.07, 6.45) is 2.49. The van der Waals surface area contributed by atoms with Crippen LogP contribution in [0, 0.1) is 0 Å². The standard InChI is InChI=1S/C15H25NOS/c1-5-7-12(2)16-11-13(3)18-15-9-6-8-14(10-15)17-4/h6,8-10,12-13,16H,5,7,11H2,1-4H3. The molecule has 0 radical (unpaired) electrons. The van der Waals surface area contributed by atoms with E-state index in [0.29, 0.717) is 11.3 Å². The number of hydrogen-bond acceptors (Lipinski definition) is 3.